The summed E-state index contributed by atoms with van der Waals surface area (Å²) in [6, 6.07) is 3.68. The highest BCUT2D eigenvalue weighted by atomic mass is 32.1. The number of nitrogens with two attached hydrogens (primary N) is 1. The number of carbonyl (C=O) groups excluding carboxylic acids is 1. The number of rotatable bonds is 4. The first-order valence-corrected chi connectivity index (χ1v) is 4.89. The minimum atomic E-state index is -1.01. The minimum absolute atomic E-state index is 0.000407. The summed E-state index contributed by atoms with van der Waals surface area (Å²) >= 11 is 4.55. The van der Waals surface area contributed by atoms with Gasteiger partial charge in [-0.1, -0.05) is 24.4 Å². The lowest BCUT2D eigenvalue weighted by molar-refractivity contribution is -0.120. The molecule has 0 bridgehead atoms. The van der Waals surface area contributed by atoms with E-state index in [1.54, 1.807) is 0 Å². The number of amides is 1. The van der Waals surface area contributed by atoms with Crippen LogP contribution in [0.1, 0.15) is 5.56 Å². The van der Waals surface area contributed by atoms with E-state index >= 15 is 0 Å². The van der Waals surface area contributed by atoms with E-state index in [1.807, 2.05) is 0 Å². The Kier molecular flexibility index (Phi) is 4.30. The smallest absolute Gasteiger partial charge is 0.224 e. The second-order valence-electron chi connectivity index (χ2n) is 3.13. The molecule has 3 nitrogen and oxygen atoms in total. The molecule has 0 saturated carbocycles. The summed E-state index contributed by atoms with van der Waals surface area (Å²) in [6.45, 7) is 0.0467. The maximum atomic E-state index is 13.2. The summed E-state index contributed by atoms with van der Waals surface area (Å²) in [7, 11) is 0. The van der Waals surface area contributed by atoms with Crippen molar-refractivity contribution in [3.05, 3.63) is 35.4 Å². The summed E-state index contributed by atoms with van der Waals surface area (Å²) in [6.07, 6.45) is -0.244. The average Bonchev–Trinajstić information content (AvgIpc) is 2.22. The van der Waals surface area contributed by atoms with Crippen molar-refractivity contribution < 1.29 is 13.6 Å². The first kappa shape index (κ1) is 12.5. The number of benzene rings is 1. The predicted octanol–water partition coefficient (Wildman–Crippen LogP) is 0.910. The molecule has 0 fully saturated rings. The van der Waals surface area contributed by atoms with E-state index in [0.717, 1.165) is 6.07 Å². The highest BCUT2D eigenvalue weighted by Gasteiger charge is 2.11. The van der Waals surface area contributed by atoms with E-state index in [2.05, 4.69) is 17.5 Å². The van der Waals surface area contributed by atoms with Crippen LogP contribution in [0.25, 0.3) is 0 Å². The lowest BCUT2D eigenvalue weighted by atomic mass is 10.1. The molecule has 0 atom stereocenters. The van der Waals surface area contributed by atoms with Crippen LogP contribution in [0.5, 0.6) is 0 Å². The van der Waals surface area contributed by atoms with E-state index < -0.39 is 17.5 Å². The Labute approximate surface area is 96.6 Å². The number of thiocarbonyl (C=S) groups is 1. The molecule has 0 aliphatic rings. The van der Waals surface area contributed by atoms with Crippen molar-refractivity contribution in [2.24, 2.45) is 5.73 Å². The third kappa shape index (κ3) is 3.54. The second kappa shape index (κ2) is 5.50. The topological polar surface area (TPSA) is 55.1 Å². The molecule has 3 N–H and O–H groups in total. The van der Waals surface area contributed by atoms with Crippen LogP contribution in [0.4, 0.5) is 8.78 Å². The summed E-state index contributed by atoms with van der Waals surface area (Å²) in [4.78, 5) is 11.4. The van der Waals surface area contributed by atoms with Gasteiger partial charge in [0, 0.05) is 5.56 Å². The number of nitrogens with one attached hydrogen (secondary N) is 1. The van der Waals surface area contributed by atoms with Gasteiger partial charge in [-0.25, -0.2) is 8.78 Å². The van der Waals surface area contributed by atoms with Gasteiger partial charge in [0.25, 0.3) is 0 Å². The lowest BCUT2D eigenvalue weighted by Crippen LogP contribution is -2.33. The van der Waals surface area contributed by atoms with Gasteiger partial charge in [0.05, 0.1) is 18.0 Å². The van der Waals surface area contributed by atoms with Gasteiger partial charge in [0.1, 0.15) is 0 Å². The zero-order chi connectivity index (χ0) is 12.1. The Balaban J connectivity index is 2.63. The molecule has 6 heteroatoms. The molecule has 0 aliphatic heterocycles. The number of hydrogen-bond donors (Lipinski definition) is 2. The number of carbonyl (C=O) groups is 1. The molecule has 0 aromatic heterocycles. The largest absolute Gasteiger partial charge is 0.392 e. The van der Waals surface area contributed by atoms with Gasteiger partial charge in [0.2, 0.25) is 5.91 Å². The van der Waals surface area contributed by atoms with Crippen molar-refractivity contribution in [1.82, 2.24) is 5.32 Å². The summed E-state index contributed by atoms with van der Waals surface area (Å²) in [5.74, 6) is -2.44. The molecule has 0 aliphatic carbocycles. The molecule has 1 rings (SSSR count). The average molecular weight is 244 g/mol. The number of hydrogen-bond acceptors (Lipinski definition) is 2. The van der Waals surface area contributed by atoms with Crippen LogP contribution in [-0.2, 0) is 11.2 Å². The molecule has 0 spiro atoms. The van der Waals surface area contributed by atoms with E-state index in [-0.39, 0.29) is 23.5 Å². The Morgan fingerprint density at radius 1 is 1.44 bits per heavy atom. The van der Waals surface area contributed by atoms with Gasteiger partial charge in [-0.3, -0.25) is 4.79 Å². The molecule has 0 unspecified atom stereocenters. The van der Waals surface area contributed by atoms with Crippen LogP contribution >= 0.6 is 12.2 Å². The van der Waals surface area contributed by atoms with Gasteiger partial charge in [-0.15, -0.1) is 0 Å². The Morgan fingerprint density at radius 2 is 2.12 bits per heavy atom. The van der Waals surface area contributed by atoms with Crippen LogP contribution < -0.4 is 11.1 Å². The van der Waals surface area contributed by atoms with Crippen molar-refractivity contribution in [3.8, 4) is 0 Å². The molecule has 0 heterocycles. The van der Waals surface area contributed by atoms with E-state index in [9.17, 15) is 13.6 Å². The fraction of sp³-hybridized carbons (Fsp3) is 0.200. The predicted molar refractivity (Wildman–Crippen MR) is 59.9 cm³/mol. The van der Waals surface area contributed by atoms with Crippen molar-refractivity contribution >= 4 is 23.1 Å². The van der Waals surface area contributed by atoms with E-state index in [1.165, 1.54) is 12.1 Å². The van der Waals surface area contributed by atoms with Gasteiger partial charge >= 0.3 is 0 Å². The zero-order valence-corrected chi connectivity index (χ0v) is 9.11. The monoisotopic (exact) mass is 244 g/mol. The first-order valence-electron chi connectivity index (χ1n) is 4.48. The Morgan fingerprint density at radius 3 is 2.75 bits per heavy atom. The zero-order valence-electron chi connectivity index (χ0n) is 8.30. The molecule has 16 heavy (non-hydrogen) atoms. The van der Waals surface area contributed by atoms with Crippen LogP contribution in [0.15, 0.2) is 18.2 Å². The van der Waals surface area contributed by atoms with Crippen LogP contribution in [-0.4, -0.2) is 17.4 Å². The highest BCUT2D eigenvalue weighted by Crippen LogP contribution is 2.11. The molecule has 1 amide bonds. The standard InChI is InChI=1S/C10H10F2N2OS/c11-7-3-1-2-6(10(7)12)4-9(15)14-5-8(13)16/h1-3H,4-5H2,(H2,13,16)(H,14,15). The molecular weight excluding hydrogens is 234 g/mol. The van der Waals surface area contributed by atoms with Crippen LogP contribution in [0.2, 0.25) is 0 Å². The fourth-order valence-corrected chi connectivity index (χ4v) is 1.18. The van der Waals surface area contributed by atoms with Gasteiger partial charge in [0.15, 0.2) is 11.6 Å². The second-order valence-corrected chi connectivity index (χ2v) is 3.66. The van der Waals surface area contributed by atoms with Crippen molar-refractivity contribution in [2.75, 3.05) is 6.54 Å². The van der Waals surface area contributed by atoms with Gasteiger partial charge in [-0.2, -0.15) is 0 Å². The lowest BCUT2D eigenvalue weighted by Gasteiger charge is -2.05. The first-order chi connectivity index (χ1) is 7.50. The van der Waals surface area contributed by atoms with Crippen LogP contribution in [0, 0.1) is 11.6 Å². The molecule has 0 saturated heterocycles. The van der Waals surface area contributed by atoms with Crippen molar-refractivity contribution in [1.29, 1.82) is 0 Å². The fourth-order valence-electron chi connectivity index (χ4n) is 1.11. The quantitative estimate of drug-likeness (QED) is 0.774. The van der Waals surface area contributed by atoms with Gasteiger partial charge in [-0.05, 0) is 6.07 Å². The van der Waals surface area contributed by atoms with E-state index in [4.69, 9.17) is 5.73 Å². The third-order valence-electron chi connectivity index (χ3n) is 1.84. The molecule has 0 radical (unpaired) electrons. The molecule has 1 aromatic rings. The van der Waals surface area contributed by atoms with Crippen molar-refractivity contribution in [2.45, 2.75) is 6.42 Å². The van der Waals surface area contributed by atoms with Gasteiger partial charge < -0.3 is 11.1 Å². The number of halogens is 2. The van der Waals surface area contributed by atoms with E-state index in [0.29, 0.717) is 0 Å². The maximum Gasteiger partial charge on any atom is 0.224 e. The summed E-state index contributed by atoms with van der Waals surface area (Å²) in [5.41, 5.74) is 5.17. The molecular formula is C10H10F2N2OS. The van der Waals surface area contributed by atoms with Crippen LogP contribution in [0.3, 0.4) is 0 Å². The molecule has 86 valence electrons. The minimum Gasteiger partial charge on any atom is -0.392 e. The Bertz CT molecular complexity index is 423. The third-order valence-corrected chi connectivity index (χ3v) is 1.99. The maximum absolute atomic E-state index is 13.2. The highest BCUT2D eigenvalue weighted by molar-refractivity contribution is 7.80. The summed E-state index contributed by atoms with van der Waals surface area (Å²) in [5, 5.41) is 2.38. The Hall–Kier alpha value is -1.56. The molecule has 1 aromatic carbocycles. The summed E-state index contributed by atoms with van der Waals surface area (Å²) < 4.78 is 26.0. The van der Waals surface area contributed by atoms with Crippen molar-refractivity contribution in [3.63, 3.8) is 0 Å². The normalized spacial score (nSPS) is 9.88. The SMILES string of the molecule is NC(=S)CNC(=O)Cc1cccc(F)c1F.